The molecular formula is C18H19ClN2O. The summed E-state index contributed by atoms with van der Waals surface area (Å²) >= 11 is 6.42. The number of nitrogens with zero attached hydrogens (tertiary/aromatic N) is 1. The third kappa shape index (κ3) is 3.17. The zero-order chi connectivity index (χ0) is 15.4. The average Bonchev–Trinajstić information content (AvgIpc) is 2.96. The second-order valence-electron chi connectivity index (χ2n) is 5.30. The van der Waals surface area contributed by atoms with Crippen molar-refractivity contribution in [2.75, 3.05) is 13.2 Å². The Morgan fingerprint density at radius 1 is 1.05 bits per heavy atom. The van der Waals surface area contributed by atoms with E-state index in [-0.39, 0.29) is 6.61 Å². The molecule has 4 heteroatoms. The number of hydrogen-bond donors (Lipinski definition) is 2. The van der Waals surface area contributed by atoms with E-state index in [1.807, 2.05) is 30.3 Å². The molecule has 3 rings (SSSR count). The van der Waals surface area contributed by atoms with Crippen LogP contribution in [0.15, 0.2) is 54.7 Å². The van der Waals surface area contributed by atoms with Crippen LogP contribution >= 0.6 is 11.6 Å². The number of hydrogen-bond acceptors (Lipinski definition) is 2. The van der Waals surface area contributed by atoms with Crippen LogP contribution < -0.4 is 5.32 Å². The van der Waals surface area contributed by atoms with Crippen LogP contribution in [0.1, 0.15) is 11.1 Å². The molecule has 0 aliphatic heterocycles. The molecule has 22 heavy (non-hydrogen) atoms. The Kier molecular flexibility index (Phi) is 4.78. The van der Waals surface area contributed by atoms with Crippen molar-refractivity contribution < 1.29 is 5.11 Å². The third-order valence-electron chi connectivity index (χ3n) is 3.77. The minimum absolute atomic E-state index is 0.145. The van der Waals surface area contributed by atoms with Crippen LogP contribution in [0.25, 0.3) is 10.9 Å². The second kappa shape index (κ2) is 6.97. The predicted octanol–water partition coefficient (Wildman–Crippen LogP) is 3.42. The lowest BCUT2D eigenvalue weighted by atomic mass is 10.1. The minimum Gasteiger partial charge on any atom is -0.395 e. The van der Waals surface area contributed by atoms with Crippen LogP contribution in [0.4, 0.5) is 0 Å². The van der Waals surface area contributed by atoms with Gasteiger partial charge in [0.1, 0.15) is 0 Å². The first-order valence-corrected chi connectivity index (χ1v) is 7.79. The first kappa shape index (κ1) is 15.1. The van der Waals surface area contributed by atoms with Gasteiger partial charge in [0.15, 0.2) is 0 Å². The molecule has 0 saturated heterocycles. The monoisotopic (exact) mass is 314 g/mol. The number of aliphatic hydroxyl groups excluding tert-OH is 1. The number of rotatable bonds is 6. The van der Waals surface area contributed by atoms with Crippen LogP contribution in [-0.2, 0) is 13.1 Å². The van der Waals surface area contributed by atoms with Crippen LogP contribution in [0.2, 0.25) is 5.02 Å². The van der Waals surface area contributed by atoms with E-state index in [2.05, 4.69) is 34.3 Å². The molecule has 0 aliphatic rings. The molecule has 114 valence electrons. The van der Waals surface area contributed by atoms with Gasteiger partial charge in [0, 0.05) is 31.2 Å². The largest absolute Gasteiger partial charge is 0.395 e. The molecule has 1 aromatic heterocycles. The number of nitrogens with one attached hydrogen (secondary N) is 1. The van der Waals surface area contributed by atoms with Gasteiger partial charge in [0.25, 0.3) is 0 Å². The number of aromatic nitrogens is 1. The molecule has 0 radical (unpaired) electrons. The number of halogens is 1. The summed E-state index contributed by atoms with van der Waals surface area (Å²) in [6, 6.07) is 16.5. The van der Waals surface area contributed by atoms with E-state index in [4.69, 9.17) is 16.7 Å². The lowest BCUT2D eigenvalue weighted by Crippen LogP contribution is -2.17. The normalized spacial score (nSPS) is 11.2. The quantitative estimate of drug-likeness (QED) is 0.684. The van der Waals surface area contributed by atoms with E-state index >= 15 is 0 Å². The van der Waals surface area contributed by atoms with Crippen molar-refractivity contribution in [2.45, 2.75) is 13.1 Å². The highest BCUT2D eigenvalue weighted by molar-refractivity contribution is 6.35. The fourth-order valence-electron chi connectivity index (χ4n) is 2.71. The van der Waals surface area contributed by atoms with E-state index in [1.165, 1.54) is 11.1 Å². The summed E-state index contributed by atoms with van der Waals surface area (Å²) in [5, 5.41) is 14.0. The second-order valence-corrected chi connectivity index (χ2v) is 5.71. The van der Waals surface area contributed by atoms with Gasteiger partial charge in [-0.2, -0.15) is 0 Å². The lowest BCUT2D eigenvalue weighted by molar-refractivity contribution is 0.292. The van der Waals surface area contributed by atoms with Gasteiger partial charge >= 0.3 is 0 Å². The van der Waals surface area contributed by atoms with E-state index < -0.39 is 0 Å². The van der Waals surface area contributed by atoms with Crippen molar-refractivity contribution in [3.05, 3.63) is 70.9 Å². The van der Waals surface area contributed by atoms with Gasteiger partial charge in [-0.15, -0.1) is 0 Å². The summed E-state index contributed by atoms with van der Waals surface area (Å²) in [5.41, 5.74) is 3.51. The molecule has 0 atom stereocenters. The first-order valence-electron chi connectivity index (χ1n) is 7.41. The van der Waals surface area contributed by atoms with Crippen molar-refractivity contribution in [3.8, 4) is 0 Å². The zero-order valence-electron chi connectivity index (χ0n) is 12.3. The number of benzene rings is 2. The van der Waals surface area contributed by atoms with Crippen LogP contribution in [0.5, 0.6) is 0 Å². The summed E-state index contributed by atoms with van der Waals surface area (Å²) in [6.45, 7) is 2.27. The Hall–Kier alpha value is -1.81. The van der Waals surface area contributed by atoms with Crippen molar-refractivity contribution in [3.63, 3.8) is 0 Å². The molecular weight excluding hydrogens is 296 g/mol. The molecule has 0 amide bonds. The topological polar surface area (TPSA) is 37.2 Å². The fraction of sp³-hybridized carbons (Fsp3) is 0.222. The van der Waals surface area contributed by atoms with E-state index in [0.29, 0.717) is 6.54 Å². The van der Waals surface area contributed by atoms with Gasteiger partial charge in [0.2, 0.25) is 0 Å². The smallest absolute Gasteiger partial charge is 0.0676 e. The summed E-state index contributed by atoms with van der Waals surface area (Å²) in [5.74, 6) is 0. The molecule has 0 aliphatic carbocycles. The highest BCUT2D eigenvalue weighted by Crippen LogP contribution is 2.28. The summed E-state index contributed by atoms with van der Waals surface area (Å²) in [7, 11) is 0. The molecule has 2 aromatic carbocycles. The molecule has 3 nitrogen and oxygen atoms in total. The van der Waals surface area contributed by atoms with Gasteiger partial charge in [-0.25, -0.2) is 0 Å². The van der Waals surface area contributed by atoms with E-state index in [0.717, 1.165) is 29.0 Å². The SMILES string of the molecule is OCCNCc1ccc(Cl)c2c1ccn2Cc1ccccc1. The molecule has 0 unspecified atom stereocenters. The van der Waals surface area contributed by atoms with Crippen LogP contribution in [0, 0.1) is 0 Å². The Morgan fingerprint density at radius 2 is 1.86 bits per heavy atom. The van der Waals surface area contributed by atoms with Gasteiger partial charge in [-0.05, 0) is 23.3 Å². The van der Waals surface area contributed by atoms with Crippen molar-refractivity contribution in [1.29, 1.82) is 0 Å². The van der Waals surface area contributed by atoms with E-state index in [1.54, 1.807) is 0 Å². The Balaban J connectivity index is 1.94. The summed E-state index contributed by atoms with van der Waals surface area (Å²) in [4.78, 5) is 0. The predicted molar refractivity (Wildman–Crippen MR) is 91.3 cm³/mol. The van der Waals surface area contributed by atoms with Crippen LogP contribution in [0.3, 0.4) is 0 Å². The number of fused-ring (bicyclic) bond motifs is 1. The lowest BCUT2D eigenvalue weighted by Gasteiger charge is -2.10. The highest BCUT2D eigenvalue weighted by Gasteiger charge is 2.10. The van der Waals surface area contributed by atoms with Gasteiger partial charge in [-0.3, -0.25) is 0 Å². The first-order chi connectivity index (χ1) is 10.8. The van der Waals surface area contributed by atoms with Gasteiger partial charge < -0.3 is 15.0 Å². The fourth-order valence-corrected chi connectivity index (χ4v) is 2.98. The molecule has 0 spiro atoms. The van der Waals surface area contributed by atoms with Crippen LogP contribution in [-0.4, -0.2) is 22.8 Å². The molecule has 0 bridgehead atoms. The summed E-state index contributed by atoms with van der Waals surface area (Å²) in [6.07, 6.45) is 2.08. The highest BCUT2D eigenvalue weighted by atomic mass is 35.5. The van der Waals surface area contributed by atoms with E-state index in [9.17, 15) is 0 Å². The molecule has 0 saturated carbocycles. The maximum atomic E-state index is 8.88. The Morgan fingerprint density at radius 3 is 2.64 bits per heavy atom. The van der Waals surface area contributed by atoms with Crippen molar-refractivity contribution in [1.82, 2.24) is 9.88 Å². The average molecular weight is 315 g/mol. The van der Waals surface area contributed by atoms with Gasteiger partial charge in [-0.1, -0.05) is 48.0 Å². The molecule has 1 heterocycles. The van der Waals surface area contributed by atoms with Gasteiger partial charge in [0.05, 0.1) is 17.1 Å². The van der Waals surface area contributed by atoms with Crippen molar-refractivity contribution >= 4 is 22.5 Å². The maximum absolute atomic E-state index is 8.88. The minimum atomic E-state index is 0.145. The molecule has 0 fully saturated rings. The Bertz CT molecular complexity index is 752. The number of aliphatic hydroxyl groups is 1. The van der Waals surface area contributed by atoms with Crippen molar-refractivity contribution in [2.24, 2.45) is 0 Å². The maximum Gasteiger partial charge on any atom is 0.0676 e. The zero-order valence-corrected chi connectivity index (χ0v) is 13.1. The Labute approximate surface area is 135 Å². The summed E-state index contributed by atoms with van der Waals surface area (Å²) < 4.78 is 2.18. The molecule has 3 aromatic rings. The third-order valence-corrected chi connectivity index (χ3v) is 4.07. The standard InChI is InChI=1S/C18H19ClN2O/c19-17-7-6-15(12-20-9-11-22)16-8-10-21(18(16)17)13-14-4-2-1-3-5-14/h1-8,10,20,22H,9,11-13H2. The molecule has 2 N–H and O–H groups in total.